The summed E-state index contributed by atoms with van der Waals surface area (Å²) < 4.78 is 0. The van der Waals surface area contributed by atoms with Gasteiger partial charge >= 0.3 is 0 Å². The fourth-order valence-electron chi connectivity index (χ4n) is 3.48. The number of thiophene rings is 1. The fourth-order valence-corrected chi connectivity index (χ4v) is 4.34. The molecular weight excluding hydrogens is 396 g/mol. The molecule has 4 rings (SSSR count). The number of amides is 2. The van der Waals surface area contributed by atoms with E-state index in [1.54, 1.807) is 6.07 Å². The number of hydrogen-bond donors (Lipinski definition) is 2. The second-order valence-electron chi connectivity index (χ2n) is 7.32. The summed E-state index contributed by atoms with van der Waals surface area (Å²) in [6.07, 6.45) is 2.85. The molecule has 0 fully saturated rings. The van der Waals surface area contributed by atoms with Crippen molar-refractivity contribution >= 4 is 29.0 Å². The number of rotatable bonds is 6. The van der Waals surface area contributed by atoms with E-state index in [4.69, 9.17) is 0 Å². The molecule has 0 saturated heterocycles. The number of carbonyl (C=O) groups excluding carboxylic acids is 2. The van der Waals surface area contributed by atoms with Crippen molar-refractivity contribution in [1.29, 1.82) is 0 Å². The van der Waals surface area contributed by atoms with Crippen LogP contribution in [-0.2, 0) is 30.8 Å². The van der Waals surface area contributed by atoms with Crippen molar-refractivity contribution in [2.45, 2.75) is 33.0 Å². The van der Waals surface area contributed by atoms with E-state index in [0.29, 0.717) is 18.0 Å². The average molecular weight is 421 g/mol. The lowest BCUT2D eigenvalue weighted by Gasteiger charge is -2.29. The number of nitrogens with zero attached hydrogens (tertiary/aromatic N) is 2. The summed E-state index contributed by atoms with van der Waals surface area (Å²) in [4.78, 5) is 31.9. The van der Waals surface area contributed by atoms with E-state index < -0.39 is 0 Å². The van der Waals surface area contributed by atoms with Crippen LogP contribution in [0.1, 0.15) is 38.2 Å². The van der Waals surface area contributed by atoms with Crippen LogP contribution in [0.15, 0.2) is 54.7 Å². The highest BCUT2D eigenvalue weighted by atomic mass is 32.1. The van der Waals surface area contributed by atoms with Gasteiger partial charge in [0.05, 0.1) is 11.4 Å². The predicted molar refractivity (Wildman–Crippen MR) is 118 cm³/mol. The number of aromatic nitrogens is 1. The number of benzene rings is 1. The average Bonchev–Trinajstić information content (AvgIpc) is 3.25. The summed E-state index contributed by atoms with van der Waals surface area (Å²) in [7, 11) is 0. The van der Waals surface area contributed by atoms with Crippen LogP contribution in [0.3, 0.4) is 0 Å². The van der Waals surface area contributed by atoms with Gasteiger partial charge in [-0.3, -0.25) is 9.59 Å². The van der Waals surface area contributed by atoms with Crippen LogP contribution in [0.5, 0.6) is 0 Å². The van der Waals surface area contributed by atoms with Gasteiger partial charge in [-0.25, -0.2) is 4.98 Å². The third-order valence-corrected chi connectivity index (χ3v) is 6.20. The Morgan fingerprint density at radius 2 is 1.87 bits per heavy atom. The molecule has 2 N–H and O–H groups in total. The molecule has 6 nitrogen and oxygen atoms in total. The summed E-state index contributed by atoms with van der Waals surface area (Å²) in [5, 5.41) is 5.67. The van der Waals surface area contributed by atoms with E-state index in [9.17, 15) is 9.59 Å². The monoisotopic (exact) mass is 420 g/mol. The highest BCUT2D eigenvalue weighted by molar-refractivity contribution is 7.14. The van der Waals surface area contributed by atoms with E-state index in [0.717, 1.165) is 35.8 Å². The minimum Gasteiger partial charge on any atom is -0.352 e. The molecule has 3 heterocycles. The van der Waals surface area contributed by atoms with E-state index in [1.165, 1.54) is 29.4 Å². The van der Waals surface area contributed by atoms with Crippen LogP contribution in [0.4, 0.5) is 5.82 Å². The van der Waals surface area contributed by atoms with Gasteiger partial charge in [0, 0.05) is 37.6 Å². The summed E-state index contributed by atoms with van der Waals surface area (Å²) in [6, 6.07) is 16.2. The highest BCUT2D eigenvalue weighted by Gasteiger charge is 2.17. The normalized spacial score (nSPS) is 12.9. The lowest BCUT2D eigenvalue weighted by Crippen LogP contribution is -2.31. The third-order valence-electron chi connectivity index (χ3n) is 5.11. The summed E-state index contributed by atoms with van der Waals surface area (Å²) >= 11 is 1.38. The zero-order valence-electron chi connectivity index (χ0n) is 16.9. The van der Waals surface area contributed by atoms with Gasteiger partial charge in [-0.15, -0.1) is 11.3 Å². The van der Waals surface area contributed by atoms with Gasteiger partial charge in [-0.1, -0.05) is 30.3 Å². The second kappa shape index (κ2) is 9.09. The van der Waals surface area contributed by atoms with E-state index >= 15 is 0 Å². The van der Waals surface area contributed by atoms with E-state index in [1.807, 2.05) is 24.4 Å². The minimum absolute atomic E-state index is 0.0842. The van der Waals surface area contributed by atoms with Gasteiger partial charge in [-0.05, 0) is 41.3 Å². The zero-order chi connectivity index (χ0) is 20.9. The van der Waals surface area contributed by atoms with Crippen molar-refractivity contribution in [1.82, 2.24) is 15.6 Å². The van der Waals surface area contributed by atoms with Gasteiger partial charge in [0.15, 0.2) is 0 Å². The van der Waals surface area contributed by atoms with Crippen molar-refractivity contribution in [3.05, 3.63) is 81.2 Å². The molecule has 154 valence electrons. The SMILES string of the molecule is CC(=O)NCc1ccc(C(=O)NCc2ccc(N3CCc4ccccc4C3)nc2)s1. The van der Waals surface area contributed by atoms with Crippen molar-refractivity contribution in [2.75, 3.05) is 11.4 Å². The maximum Gasteiger partial charge on any atom is 0.261 e. The Labute approximate surface area is 180 Å². The first-order chi connectivity index (χ1) is 14.6. The number of fused-ring (bicyclic) bond motifs is 1. The largest absolute Gasteiger partial charge is 0.352 e. The first kappa shape index (κ1) is 20.1. The second-order valence-corrected chi connectivity index (χ2v) is 8.49. The first-order valence-electron chi connectivity index (χ1n) is 9.96. The molecule has 1 aliphatic rings. The highest BCUT2D eigenvalue weighted by Crippen LogP contribution is 2.23. The Balaban J connectivity index is 1.31. The molecule has 1 aromatic carbocycles. The molecule has 0 spiro atoms. The van der Waals surface area contributed by atoms with Crippen LogP contribution < -0.4 is 15.5 Å². The molecule has 30 heavy (non-hydrogen) atoms. The number of pyridine rings is 1. The summed E-state index contributed by atoms with van der Waals surface area (Å²) in [5.74, 6) is 0.755. The van der Waals surface area contributed by atoms with Gasteiger partial charge < -0.3 is 15.5 Å². The number of carbonyl (C=O) groups is 2. The smallest absolute Gasteiger partial charge is 0.261 e. The molecule has 3 aromatic rings. The van der Waals surface area contributed by atoms with Crippen LogP contribution in [0.25, 0.3) is 0 Å². The molecule has 0 unspecified atom stereocenters. The predicted octanol–water partition coefficient (Wildman–Crippen LogP) is 3.27. The topological polar surface area (TPSA) is 74.3 Å². The molecule has 7 heteroatoms. The van der Waals surface area contributed by atoms with E-state index in [2.05, 4.69) is 44.8 Å². The summed E-state index contributed by atoms with van der Waals surface area (Å²) in [5.41, 5.74) is 3.73. The van der Waals surface area contributed by atoms with Gasteiger partial charge in [0.2, 0.25) is 5.91 Å². The Bertz CT molecular complexity index is 1050. The lowest BCUT2D eigenvalue weighted by molar-refractivity contribution is -0.119. The molecule has 0 atom stereocenters. The Hall–Kier alpha value is -3.19. The van der Waals surface area contributed by atoms with Crippen LogP contribution in [0, 0.1) is 0 Å². The third kappa shape index (κ3) is 4.86. The number of hydrogen-bond acceptors (Lipinski definition) is 5. The van der Waals surface area contributed by atoms with Gasteiger partial charge in [0.25, 0.3) is 5.91 Å². The standard InChI is InChI=1S/C23H24N4O2S/c1-16(28)24-14-20-7-8-21(30-20)23(29)26-13-17-6-9-22(25-12-17)27-11-10-18-4-2-3-5-19(18)15-27/h2-9,12H,10-11,13-15H2,1H3,(H,24,28)(H,26,29). The minimum atomic E-state index is -0.120. The molecule has 0 aliphatic carbocycles. The van der Waals surface area contributed by atoms with Crippen LogP contribution in [0.2, 0.25) is 0 Å². The van der Waals surface area contributed by atoms with Crippen LogP contribution in [-0.4, -0.2) is 23.3 Å². The maximum absolute atomic E-state index is 12.4. The quantitative estimate of drug-likeness (QED) is 0.642. The van der Waals surface area contributed by atoms with Crippen molar-refractivity contribution in [3.8, 4) is 0 Å². The fraction of sp³-hybridized carbons (Fsp3) is 0.261. The summed E-state index contributed by atoms with van der Waals surface area (Å²) in [6.45, 7) is 4.18. The van der Waals surface area contributed by atoms with Crippen LogP contribution >= 0.6 is 11.3 Å². The first-order valence-corrected chi connectivity index (χ1v) is 10.8. The molecule has 2 amide bonds. The Morgan fingerprint density at radius 3 is 2.63 bits per heavy atom. The molecule has 1 aliphatic heterocycles. The van der Waals surface area contributed by atoms with Gasteiger partial charge in [0.1, 0.15) is 5.82 Å². The number of anilines is 1. The van der Waals surface area contributed by atoms with Gasteiger partial charge in [-0.2, -0.15) is 0 Å². The Morgan fingerprint density at radius 1 is 1.03 bits per heavy atom. The Kier molecular flexibility index (Phi) is 6.09. The van der Waals surface area contributed by atoms with Crippen molar-refractivity contribution in [3.63, 3.8) is 0 Å². The maximum atomic E-state index is 12.4. The van der Waals surface area contributed by atoms with Crippen molar-refractivity contribution in [2.24, 2.45) is 0 Å². The molecule has 0 radical (unpaired) electrons. The molecule has 0 bridgehead atoms. The van der Waals surface area contributed by atoms with Crippen molar-refractivity contribution < 1.29 is 9.59 Å². The molecular formula is C23H24N4O2S. The van der Waals surface area contributed by atoms with E-state index in [-0.39, 0.29) is 11.8 Å². The zero-order valence-corrected chi connectivity index (χ0v) is 17.7. The number of nitrogens with one attached hydrogen (secondary N) is 2. The molecule has 0 saturated carbocycles. The molecule has 2 aromatic heterocycles. The lowest BCUT2D eigenvalue weighted by atomic mass is 10.00.